The number of pyridine rings is 1. The number of anilines is 1. The lowest BCUT2D eigenvalue weighted by atomic mass is 9.88. The number of aliphatic hydroxyl groups excluding tert-OH is 1. The number of benzene rings is 1. The molecule has 4 heteroatoms. The van der Waals surface area contributed by atoms with Gasteiger partial charge in [-0.25, -0.2) is 4.98 Å². The van der Waals surface area contributed by atoms with Gasteiger partial charge in [-0.05, 0) is 30.4 Å². The first-order chi connectivity index (χ1) is 10.1. The number of para-hydroxylation sites is 1. The van der Waals surface area contributed by atoms with Gasteiger partial charge < -0.3 is 10.4 Å². The third-order valence-corrected chi connectivity index (χ3v) is 3.60. The molecular formula is C17H21N3O. The van der Waals surface area contributed by atoms with Crippen molar-refractivity contribution in [2.75, 3.05) is 18.5 Å². The second kappa shape index (κ2) is 6.55. The van der Waals surface area contributed by atoms with Crippen LogP contribution in [0.2, 0.25) is 0 Å². The summed E-state index contributed by atoms with van der Waals surface area (Å²) in [6, 6.07) is 11.7. The molecule has 4 nitrogen and oxygen atoms in total. The molecule has 0 aliphatic rings. The molecule has 0 aliphatic heterocycles. The first-order valence-corrected chi connectivity index (χ1v) is 7.20. The van der Waals surface area contributed by atoms with Gasteiger partial charge in [-0.3, -0.25) is 0 Å². The van der Waals surface area contributed by atoms with E-state index in [-0.39, 0.29) is 12.0 Å². The fourth-order valence-corrected chi connectivity index (χ4v) is 2.36. The Labute approximate surface area is 125 Å². The summed E-state index contributed by atoms with van der Waals surface area (Å²) < 4.78 is 0. The van der Waals surface area contributed by atoms with Crippen LogP contribution in [0.5, 0.6) is 0 Å². The molecule has 0 aliphatic carbocycles. The molecule has 2 N–H and O–H groups in total. The molecule has 1 heterocycles. The molecule has 0 saturated heterocycles. The highest BCUT2D eigenvalue weighted by Gasteiger charge is 2.17. The Morgan fingerprint density at radius 1 is 1.33 bits per heavy atom. The molecule has 0 fully saturated rings. The minimum absolute atomic E-state index is 0.0832. The number of aliphatic hydroxyl groups is 1. The molecule has 0 atom stereocenters. The third kappa shape index (κ3) is 3.93. The van der Waals surface area contributed by atoms with E-state index >= 15 is 0 Å². The van der Waals surface area contributed by atoms with Crippen LogP contribution in [0.4, 0.5) is 5.69 Å². The topological polar surface area (TPSA) is 68.9 Å². The largest absolute Gasteiger partial charge is 0.396 e. The fourth-order valence-electron chi connectivity index (χ4n) is 2.36. The van der Waals surface area contributed by atoms with Crippen LogP contribution in [0.25, 0.3) is 10.9 Å². The van der Waals surface area contributed by atoms with E-state index in [1.54, 1.807) is 6.07 Å². The number of fused-ring (bicyclic) bond motifs is 1. The SMILES string of the molecule is CC(C)(CCCO)CNc1cc(C#N)nc2ccccc12. The molecule has 2 aromatic rings. The van der Waals surface area contributed by atoms with Gasteiger partial charge in [0.25, 0.3) is 0 Å². The average molecular weight is 283 g/mol. The van der Waals surface area contributed by atoms with Crippen molar-refractivity contribution in [1.29, 1.82) is 5.26 Å². The zero-order chi connectivity index (χ0) is 15.3. The van der Waals surface area contributed by atoms with E-state index < -0.39 is 0 Å². The maximum atomic E-state index is 9.10. The number of hydrogen-bond donors (Lipinski definition) is 2. The lowest BCUT2D eigenvalue weighted by molar-refractivity contribution is 0.248. The molecule has 2 rings (SSSR count). The molecule has 21 heavy (non-hydrogen) atoms. The van der Waals surface area contributed by atoms with Crippen LogP contribution in [-0.2, 0) is 0 Å². The highest BCUT2D eigenvalue weighted by atomic mass is 16.2. The Bertz CT molecular complexity index is 659. The van der Waals surface area contributed by atoms with Crippen molar-refractivity contribution in [2.24, 2.45) is 5.41 Å². The summed E-state index contributed by atoms with van der Waals surface area (Å²) in [6.07, 6.45) is 1.75. The highest BCUT2D eigenvalue weighted by Crippen LogP contribution is 2.27. The van der Waals surface area contributed by atoms with Crippen molar-refractivity contribution in [2.45, 2.75) is 26.7 Å². The first-order valence-electron chi connectivity index (χ1n) is 7.20. The standard InChI is InChI=1S/C17H21N3O/c1-17(2,8-5-9-21)12-19-16-10-13(11-18)20-15-7-4-3-6-14(15)16/h3-4,6-7,10,21H,5,8-9,12H2,1-2H3,(H,19,20). The van der Waals surface area contributed by atoms with Crippen molar-refractivity contribution in [1.82, 2.24) is 4.98 Å². The molecule has 0 amide bonds. The van der Waals surface area contributed by atoms with E-state index in [4.69, 9.17) is 10.4 Å². The van der Waals surface area contributed by atoms with Gasteiger partial charge in [-0.2, -0.15) is 5.26 Å². The minimum Gasteiger partial charge on any atom is -0.396 e. The lowest BCUT2D eigenvalue weighted by Gasteiger charge is -2.25. The Morgan fingerprint density at radius 3 is 2.81 bits per heavy atom. The van der Waals surface area contributed by atoms with E-state index in [9.17, 15) is 0 Å². The molecular weight excluding hydrogens is 262 g/mol. The summed E-state index contributed by atoms with van der Waals surface area (Å²) in [6.45, 7) is 5.35. The minimum atomic E-state index is 0.0832. The Hall–Kier alpha value is -2.12. The molecule has 0 radical (unpaired) electrons. The molecule has 0 spiro atoms. The van der Waals surface area contributed by atoms with Crippen LogP contribution < -0.4 is 5.32 Å². The number of aromatic nitrogens is 1. The lowest BCUT2D eigenvalue weighted by Crippen LogP contribution is -2.23. The van der Waals surface area contributed by atoms with Crippen LogP contribution in [0, 0.1) is 16.7 Å². The number of nitrogens with one attached hydrogen (secondary N) is 1. The smallest absolute Gasteiger partial charge is 0.143 e. The van der Waals surface area contributed by atoms with Gasteiger partial charge in [0.05, 0.1) is 5.52 Å². The van der Waals surface area contributed by atoms with Crippen molar-refractivity contribution in [3.63, 3.8) is 0 Å². The summed E-state index contributed by atoms with van der Waals surface area (Å²) in [5.74, 6) is 0. The fraction of sp³-hybridized carbons (Fsp3) is 0.412. The van der Waals surface area contributed by atoms with Crippen molar-refractivity contribution in [3.05, 3.63) is 36.0 Å². The van der Waals surface area contributed by atoms with Crippen molar-refractivity contribution >= 4 is 16.6 Å². The van der Waals surface area contributed by atoms with Gasteiger partial charge in [0.15, 0.2) is 0 Å². The molecule has 1 aromatic carbocycles. The number of nitriles is 1. The summed E-state index contributed by atoms with van der Waals surface area (Å²) in [7, 11) is 0. The number of nitrogens with zero attached hydrogens (tertiary/aromatic N) is 2. The summed E-state index contributed by atoms with van der Waals surface area (Å²) in [5, 5.41) is 22.5. The van der Waals surface area contributed by atoms with E-state index in [1.807, 2.05) is 24.3 Å². The second-order valence-corrected chi connectivity index (χ2v) is 6.03. The Kier molecular flexibility index (Phi) is 4.77. The van der Waals surface area contributed by atoms with Gasteiger partial charge in [0.2, 0.25) is 0 Å². The highest BCUT2D eigenvalue weighted by molar-refractivity contribution is 5.91. The number of hydrogen-bond acceptors (Lipinski definition) is 4. The summed E-state index contributed by atoms with van der Waals surface area (Å²) in [5.41, 5.74) is 2.27. The van der Waals surface area contributed by atoms with Crippen LogP contribution in [0.15, 0.2) is 30.3 Å². The van der Waals surface area contributed by atoms with Crippen molar-refractivity contribution in [3.8, 4) is 6.07 Å². The molecule has 1 aromatic heterocycles. The van der Waals surface area contributed by atoms with Gasteiger partial charge in [-0.1, -0.05) is 32.0 Å². The third-order valence-electron chi connectivity index (χ3n) is 3.60. The number of rotatable bonds is 6. The van der Waals surface area contributed by atoms with Crippen LogP contribution >= 0.6 is 0 Å². The van der Waals surface area contributed by atoms with Gasteiger partial charge in [-0.15, -0.1) is 0 Å². The average Bonchev–Trinajstić information content (AvgIpc) is 2.50. The normalized spacial score (nSPS) is 11.3. The van der Waals surface area contributed by atoms with E-state index in [1.165, 1.54) is 0 Å². The Balaban J connectivity index is 2.23. The first kappa shape index (κ1) is 15.3. The molecule has 0 saturated carbocycles. The zero-order valence-electron chi connectivity index (χ0n) is 12.6. The molecule has 0 bridgehead atoms. The van der Waals surface area contributed by atoms with E-state index in [2.05, 4.69) is 30.2 Å². The Morgan fingerprint density at radius 2 is 2.10 bits per heavy atom. The monoisotopic (exact) mass is 283 g/mol. The maximum Gasteiger partial charge on any atom is 0.143 e. The van der Waals surface area contributed by atoms with E-state index in [0.29, 0.717) is 5.69 Å². The van der Waals surface area contributed by atoms with Crippen LogP contribution in [0.1, 0.15) is 32.4 Å². The summed E-state index contributed by atoms with van der Waals surface area (Å²) >= 11 is 0. The van der Waals surface area contributed by atoms with Crippen LogP contribution in [0.3, 0.4) is 0 Å². The maximum absolute atomic E-state index is 9.10. The zero-order valence-corrected chi connectivity index (χ0v) is 12.6. The quantitative estimate of drug-likeness (QED) is 0.853. The van der Waals surface area contributed by atoms with Crippen molar-refractivity contribution < 1.29 is 5.11 Å². The predicted molar refractivity (Wildman–Crippen MR) is 85.0 cm³/mol. The predicted octanol–water partition coefficient (Wildman–Crippen LogP) is 3.32. The van der Waals surface area contributed by atoms with Gasteiger partial charge >= 0.3 is 0 Å². The van der Waals surface area contributed by atoms with Crippen LogP contribution in [-0.4, -0.2) is 23.2 Å². The van der Waals surface area contributed by atoms with Gasteiger partial charge in [0.1, 0.15) is 11.8 Å². The van der Waals surface area contributed by atoms with Gasteiger partial charge in [0, 0.05) is 24.2 Å². The second-order valence-electron chi connectivity index (χ2n) is 6.03. The molecule has 110 valence electrons. The van der Waals surface area contributed by atoms with E-state index in [0.717, 1.165) is 36.0 Å². The summed E-state index contributed by atoms with van der Waals surface area (Å²) in [4.78, 5) is 4.31. The molecule has 0 unspecified atom stereocenters.